The molecular formula is C33H61BrN3O14P3. The van der Waals surface area contributed by atoms with E-state index >= 15 is 0 Å². The van der Waals surface area contributed by atoms with Crippen LogP contribution in [0.2, 0.25) is 0 Å². The van der Waals surface area contributed by atoms with E-state index in [1.165, 1.54) is 87.9 Å². The van der Waals surface area contributed by atoms with Crippen LogP contribution in [0.25, 0.3) is 6.08 Å². The Labute approximate surface area is 326 Å². The van der Waals surface area contributed by atoms with Crippen LogP contribution in [0.3, 0.4) is 0 Å². The Balaban J connectivity index is 1.78. The molecule has 1 aliphatic rings. The van der Waals surface area contributed by atoms with Gasteiger partial charge in [-0.2, -0.15) is 8.62 Å². The molecule has 17 nitrogen and oxygen atoms in total. The number of nitrogens with two attached hydrogens (primary N) is 1. The van der Waals surface area contributed by atoms with Crippen molar-refractivity contribution in [2.45, 2.75) is 147 Å². The van der Waals surface area contributed by atoms with Crippen LogP contribution in [0.1, 0.15) is 141 Å². The predicted molar refractivity (Wildman–Crippen MR) is 209 cm³/mol. The summed E-state index contributed by atoms with van der Waals surface area (Å²) in [4.78, 5) is 48.3. The summed E-state index contributed by atoms with van der Waals surface area (Å²) in [6.45, 7) is 1.38. The molecule has 2 heterocycles. The van der Waals surface area contributed by atoms with Crippen LogP contribution in [-0.4, -0.2) is 63.0 Å². The molecule has 4 unspecified atom stereocenters. The quantitative estimate of drug-likeness (QED) is 0.0340. The van der Waals surface area contributed by atoms with Crippen LogP contribution in [0, 0.1) is 0 Å². The molecule has 1 saturated heterocycles. The van der Waals surface area contributed by atoms with E-state index in [2.05, 4.69) is 32.1 Å². The summed E-state index contributed by atoms with van der Waals surface area (Å²) in [7, 11) is -15.8. The monoisotopic (exact) mass is 895 g/mol. The van der Waals surface area contributed by atoms with Crippen molar-refractivity contribution in [3.8, 4) is 0 Å². The van der Waals surface area contributed by atoms with Crippen LogP contribution in [0.4, 0.5) is 0 Å². The minimum Gasteiger partial charge on any atom is -0.390 e. The number of nitrogens with zero attached hydrogens (tertiary/aromatic N) is 1. The van der Waals surface area contributed by atoms with Gasteiger partial charge in [0, 0.05) is 12.6 Å². The molecule has 54 heavy (non-hydrogen) atoms. The zero-order valence-electron chi connectivity index (χ0n) is 31.3. The number of aliphatic hydroxyl groups excluding tert-OH is 1. The molecule has 0 bridgehead atoms. The van der Waals surface area contributed by atoms with E-state index in [4.69, 9.17) is 28.4 Å². The Morgan fingerprint density at radius 1 is 0.833 bits per heavy atom. The largest absolute Gasteiger partial charge is 0.490 e. The van der Waals surface area contributed by atoms with Crippen molar-refractivity contribution in [2.75, 3.05) is 26.4 Å². The number of aliphatic hydroxyl groups is 1. The van der Waals surface area contributed by atoms with Crippen LogP contribution in [0.5, 0.6) is 0 Å². The van der Waals surface area contributed by atoms with Gasteiger partial charge in [-0.15, -0.1) is 0 Å². The van der Waals surface area contributed by atoms with Gasteiger partial charge < -0.3 is 25.4 Å². The second-order valence-electron chi connectivity index (χ2n) is 13.3. The first kappa shape index (κ1) is 49.3. The lowest BCUT2D eigenvalue weighted by atomic mass is 10.0. The third kappa shape index (κ3) is 20.6. The lowest BCUT2D eigenvalue weighted by Crippen LogP contribution is -2.33. The fourth-order valence-corrected chi connectivity index (χ4v) is 10.1. The number of hydrogen-bond donors (Lipinski definition) is 5. The van der Waals surface area contributed by atoms with Crippen LogP contribution in [-0.2, 0) is 40.6 Å². The third-order valence-corrected chi connectivity index (χ3v) is 13.7. The van der Waals surface area contributed by atoms with Gasteiger partial charge in [-0.1, -0.05) is 119 Å². The number of hydrogen-bond acceptors (Lipinski definition) is 13. The Bertz CT molecular complexity index is 1500. The average molecular weight is 897 g/mol. The number of phosphoric ester groups is 2. The number of unbranched alkanes of at least 4 members (excludes halogenated alkanes) is 16. The van der Waals surface area contributed by atoms with Gasteiger partial charge >= 0.3 is 29.2 Å². The van der Waals surface area contributed by atoms with Crippen molar-refractivity contribution in [1.29, 1.82) is 0 Å². The summed E-state index contributed by atoms with van der Waals surface area (Å²) in [5, 5.41) is 10.5. The first-order chi connectivity index (χ1) is 25.7. The second-order valence-corrected chi connectivity index (χ2v) is 18.7. The summed E-state index contributed by atoms with van der Waals surface area (Å²) in [5.74, 6) is 0. The van der Waals surface area contributed by atoms with E-state index < -0.39 is 59.8 Å². The minimum absolute atomic E-state index is 0.103. The van der Waals surface area contributed by atoms with Gasteiger partial charge in [0.25, 0.3) is 5.56 Å². The molecule has 1 aliphatic heterocycles. The van der Waals surface area contributed by atoms with Crippen molar-refractivity contribution in [3.63, 3.8) is 0 Å². The highest BCUT2D eigenvalue weighted by Gasteiger charge is 2.45. The first-order valence-electron chi connectivity index (χ1n) is 19.0. The number of aromatic amines is 1. The summed E-state index contributed by atoms with van der Waals surface area (Å²) >= 11 is 3.04. The Kier molecular flexibility index (Phi) is 24.7. The highest BCUT2D eigenvalue weighted by molar-refractivity contribution is 9.11. The zero-order valence-corrected chi connectivity index (χ0v) is 35.6. The highest BCUT2D eigenvalue weighted by atomic mass is 79.9. The van der Waals surface area contributed by atoms with Gasteiger partial charge in [-0.05, 0) is 36.9 Å². The van der Waals surface area contributed by atoms with E-state index in [9.17, 15) is 38.2 Å². The van der Waals surface area contributed by atoms with Crippen LogP contribution in [0.15, 0.2) is 20.8 Å². The molecule has 1 aromatic rings. The number of halogens is 1. The van der Waals surface area contributed by atoms with E-state index in [0.29, 0.717) is 25.8 Å². The zero-order chi connectivity index (χ0) is 39.9. The Morgan fingerprint density at radius 2 is 1.35 bits per heavy atom. The molecular weight excluding hydrogens is 835 g/mol. The molecule has 6 N–H and O–H groups in total. The molecule has 0 saturated carbocycles. The smallest absolute Gasteiger partial charge is 0.390 e. The summed E-state index contributed by atoms with van der Waals surface area (Å²) < 4.78 is 69.6. The molecule has 0 aliphatic carbocycles. The first-order valence-corrected chi connectivity index (χ1v) is 24.4. The molecule has 1 aromatic heterocycles. The summed E-state index contributed by atoms with van der Waals surface area (Å²) in [6, 6.07) is 0. The van der Waals surface area contributed by atoms with Gasteiger partial charge in [0.15, 0.2) is 0 Å². The maximum atomic E-state index is 13.3. The minimum atomic E-state index is -5.61. The molecule has 0 aromatic carbocycles. The van der Waals surface area contributed by atoms with Gasteiger partial charge in [0.2, 0.25) is 0 Å². The third-order valence-electron chi connectivity index (χ3n) is 8.66. The topological polar surface area (TPSA) is 248 Å². The molecule has 0 radical (unpaired) electrons. The SMILES string of the molecule is CCCCCCCCCCCCCCCCCCOP(=O)(OCCCCN)OP(=O)(O)OP(=O)(O)OC[C@H]1O[C@@H](n2cc(/C=C/Br)c(=O)[nH]c2=O)CC1O. The number of aromatic nitrogens is 2. The van der Waals surface area contributed by atoms with Gasteiger partial charge in [-0.3, -0.25) is 27.9 Å². The molecule has 6 atom stereocenters. The molecule has 0 amide bonds. The predicted octanol–water partition coefficient (Wildman–Crippen LogP) is 7.94. The fraction of sp³-hybridized carbons (Fsp3) is 0.818. The molecule has 1 fully saturated rings. The Hall–Kier alpha value is -0.810. The van der Waals surface area contributed by atoms with Crippen molar-refractivity contribution in [2.24, 2.45) is 5.73 Å². The van der Waals surface area contributed by atoms with Crippen molar-refractivity contribution in [1.82, 2.24) is 9.55 Å². The standard InChI is InChI=1S/C33H61BrN3O14P3/c1-2-3-4-5-6-7-8-9-10-11-12-13-14-15-16-18-23-46-54(45,47-24-19-17-22-35)51-53(43,44)50-52(41,42)48-27-30-29(38)25-31(49-30)37-26-28(20-21-34)32(39)36-33(37)40/h20-21,26,29-31,38H,2-19,22-25,27,35H2,1H3,(H,41,42)(H,43,44)(H,36,39,40)/b21-20+/t29?,30-,31-,54?/m1/s1. The molecule has 21 heteroatoms. The van der Waals surface area contributed by atoms with Crippen LogP contribution >= 0.6 is 39.4 Å². The van der Waals surface area contributed by atoms with E-state index in [0.717, 1.165) is 30.3 Å². The van der Waals surface area contributed by atoms with Gasteiger partial charge in [-0.25, -0.2) is 18.5 Å². The molecule has 314 valence electrons. The molecule has 2 rings (SSSR count). The number of rotatable bonds is 32. The fourth-order valence-electron chi connectivity index (χ4n) is 5.73. The van der Waals surface area contributed by atoms with E-state index in [-0.39, 0.29) is 25.2 Å². The number of phosphoric acid groups is 3. The lowest BCUT2D eigenvalue weighted by Gasteiger charge is -2.22. The number of nitrogens with one attached hydrogen (secondary N) is 1. The van der Waals surface area contributed by atoms with Gasteiger partial charge in [0.1, 0.15) is 12.3 Å². The van der Waals surface area contributed by atoms with Crippen LogP contribution < -0.4 is 17.0 Å². The summed E-state index contributed by atoms with van der Waals surface area (Å²) in [6.07, 6.45) is 18.1. The van der Waals surface area contributed by atoms with Gasteiger partial charge in [0.05, 0.1) is 31.5 Å². The number of ether oxygens (including phenoxy) is 1. The van der Waals surface area contributed by atoms with Crippen molar-refractivity contribution in [3.05, 3.63) is 37.6 Å². The highest BCUT2D eigenvalue weighted by Crippen LogP contribution is 2.69. The normalized spacial score (nSPS) is 21.0. The Morgan fingerprint density at radius 3 is 1.87 bits per heavy atom. The summed E-state index contributed by atoms with van der Waals surface area (Å²) in [5.41, 5.74) is 4.10. The molecule has 0 spiro atoms. The second kappa shape index (κ2) is 27.0. The van der Waals surface area contributed by atoms with Crippen molar-refractivity contribution < 1.29 is 55.5 Å². The van der Waals surface area contributed by atoms with E-state index in [1.807, 2.05) is 0 Å². The van der Waals surface area contributed by atoms with Crippen molar-refractivity contribution >= 4 is 45.5 Å². The van der Waals surface area contributed by atoms with E-state index in [1.54, 1.807) is 0 Å². The number of H-pyrrole nitrogens is 1. The average Bonchev–Trinajstić information content (AvgIpc) is 3.47. The lowest BCUT2D eigenvalue weighted by molar-refractivity contribution is -0.0450. The maximum Gasteiger partial charge on any atom is 0.490 e. The maximum absolute atomic E-state index is 13.3.